The molecule has 4 rings (SSSR count). The Balaban J connectivity index is 1.38. The van der Waals surface area contributed by atoms with Gasteiger partial charge in [0, 0.05) is 30.6 Å². The first-order valence-corrected chi connectivity index (χ1v) is 10.8. The molecule has 0 bridgehead atoms. The lowest BCUT2D eigenvalue weighted by atomic mass is 10.2. The Bertz CT molecular complexity index is 1190. The molecular formula is C25H20F2N2O2S. The quantitative estimate of drug-likeness (QED) is 0.350. The zero-order valence-electron chi connectivity index (χ0n) is 17.3. The monoisotopic (exact) mass is 450 g/mol. The van der Waals surface area contributed by atoms with Crippen LogP contribution in [0.3, 0.4) is 0 Å². The van der Waals surface area contributed by atoms with Gasteiger partial charge >= 0.3 is 0 Å². The average Bonchev–Trinajstić information content (AvgIpc) is 3.28. The van der Waals surface area contributed by atoms with Crippen molar-refractivity contribution in [3.63, 3.8) is 0 Å². The highest BCUT2D eigenvalue weighted by atomic mass is 32.1. The van der Waals surface area contributed by atoms with E-state index in [1.165, 1.54) is 23.5 Å². The summed E-state index contributed by atoms with van der Waals surface area (Å²) >= 11 is 1.39. The molecule has 0 spiro atoms. The van der Waals surface area contributed by atoms with Crippen molar-refractivity contribution in [2.24, 2.45) is 0 Å². The number of halogens is 2. The van der Waals surface area contributed by atoms with Crippen LogP contribution in [0.25, 0.3) is 10.6 Å². The van der Waals surface area contributed by atoms with Crippen molar-refractivity contribution in [2.45, 2.75) is 13.2 Å². The summed E-state index contributed by atoms with van der Waals surface area (Å²) in [6.45, 7) is 0.561. The Morgan fingerprint density at radius 1 is 0.969 bits per heavy atom. The maximum atomic E-state index is 13.3. The lowest BCUT2D eigenvalue weighted by Crippen LogP contribution is -2.26. The summed E-state index contributed by atoms with van der Waals surface area (Å²) in [5.74, 6) is -0.850. The summed E-state index contributed by atoms with van der Waals surface area (Å²) < 4.78 is 32.2. The van der Waals surface area contributed by atoms with Gasteiger partial charge in [0.1, 0.15) is 34.7 Å². The van der Waals surface area contributed by atoms with E-state index in [1.54, 1.807) is 29.5 Å². The molecule has 0 radical (unpaired) electrons. The number of benzene rings is 3. The van der Waals surface area contributed by atoms with Gasteiger partial charge in [-0.25, -0.2) is 13.8 Å². The number of hydrogen-bond donors (Lipinski definition) is 0. The van der Waals surface area contributed by atoms with E-state index in [0.717, 1.165) is 22.2 Å². The Kier molecular flexibility index (Phi) is 6.56. The molecule has 7 heteroatoms. The molecule has 0 saturated heterocycles. The lowest BCUT2D eigenvalue weighted by molar-refractivity contribution is 0.0780. The van der Waals surface area contributed by atoms with Gasteiger partial charge in [0.2, 0.25) is 0 Å². The number of ether oxygens (including phenoxy) is 1. The van der Waals surface area contributed by atoms with Crippen molar-refractivity contribution in [1.82, 2.24) is 9.88 Å². The minimum atomic E-state index is -0.637. The molecule has 0 fully saturated rings. The minimum absolute atomic E-state index is 0.0533. The van der Waals surface area contributed by atoms with Gasteiger partial charge in [0.05, 0.1) is 0 Å². The Hall–Kier alpha value is -3.58. The second kappa shape index (κ2) is 9.70. The van der Waals surface area contributed by atoms with Gasteiger partial charge in [-0.05, 0) is 47.5 Å². The number of nitrogens with zero attached hydrogens (tertiary/aromatic N) is 2. The van der Waals surface area contributed by atoms with E-state index in [0.29, 0.717) is 23.6 Å². The van der Waals surface area contributed by atoms with Crippen LogP contribution in [-0.4, -0.2) is 22.8 Å². The fraction of sp³-hybridized carbons (Fsp3) is 0.120. The van der Waals surface area contributed by atoms with E-state index in [1.807, 2.05) is 42.5 Å². The van der Waals surface area contributed by atoms with Crippen molar-refractivity contribution < 1.29 is 18.3 Å². The van der Waals surface area contributed by atoms with Crippen LogP contribution in [0.4, 0.5) is 8.78 Å². The summed E-state index contributed by atoms with van der Waals surface area (Å²) in [4.78, 5) is 18.8. The smallest absolute Gasteiger partial charge is 0.273 e. The molecule has 4 nitrogen and oxygen atoms in total. The first-order chi connectivity index (χ1) is 15.5. The molecule has 162 valence electrons. The third kappa shape index (κ3) is 5.36. The van der Waals surface area contributed by atoms with Crippen molar-refractivity contribution in [2.75, 3.05) is 7.05 Å². The van der Waals surface area contributed by atoms with Crippen molar-refractivity contribution in [3.8, 4) is 16.3 Å². The van der Waals surface area contributed by atoms with E-state index in [2.05, 4.69) is 4.98 Å². The fourth-order valence-electron chi connectivity index (χ4n) is 3.18. The number of aromatic nitrogens is 1. The van der Waals surface area contributed by atoms with Crippen LogP contribution in [0.15, 0.2) is 78.2 Å². The van der Waals surface area contributed by atoms with Crippen LogP contribution >= 0.6 is 11.3 Å². The van der Waals surface area contributed by atoms with Gasteiger partial charge in [0.25, 0.3) is 5.91 Å². The predicted molar refractivity (Wildman–Crippen MR) is 120 cm³/mol. The molecule has 32 heavy (non-hydrogen) atoms. The van der Waals surface area contributed by atoms with E-state index in [4.69, 9.17) is 4.74 Å². The second-order valence-corrected chi connectivity index (χ2v) is 8.13. The van der Waals surface area contributed by atoms with Gasteiger partial charge in [-0.15, -0.1) is 11.3 Å². The molecular weight excluding hydrogens is 430 g/mol. The second-order valence-electron chi connectivity index (χ2n) is 7.28. The van der Waals surface area contributed by atoms with Crippen LogP contribution < -0.4 is 4.74 Å². The normalized spacial score (nSPS) is 10.7. The highest BCUT2D eigenvalue weighted by Crippen LogP contribution is 2.27. The molecule has 0 aliphatic carbocycles. The minimum Gasteiger partial charge on any atom is -0.489 e. The highest BCUT2D eigenvalue weighted by molar-refractivity contribution is 7.13. The van der Waals surface area contributed by atoms with Gasteiger partial charge in [-0.3, -0.25) is 4.79 Å². The zero-order chi connectivity index (χ0) is 22.5. The summed E-state index contributed by atoms with van der Waals surface area (Å²) in [5, 5.41) is 2.47. The number of thiazole rings is 1. The number of carbonyl (C=O) groups is 1. The van der Waals surface area contributed by atoms with Crippen LogP contribution in [0.1, 0.15) is 21.6 Å². The average molecular weight is 451 g/mol. The number of carbonyl (C=O) groups excluding carboxylic acids is 1. The highest BCUT2D eigenvalue weighted by Gasteiger charge is 2.16. The third-order valence-electron chi connectivity index (χ3n) is 4.76. The molecule has 0 aliphatic heterocycles. The predicted octanol–water partition coefficient (Wildman–Crippen LogP) is 5.94. The topological polar surface area (TPSA) is 42.4 Å². The Labute approximate surface area is 188 Å². The molecule has 0 atom stereocenters. The molecule has 1 aromatic heterocycles. The van der Waals surface area contributed by atoms with Crippen LogP contribution in [0.5, 0.6) is 5.75 Å². The largest absolute Gasteiger partial charge is 0.489 e. The van der Waals surface area contributed by atoms with E-state index in [9.17, 15) is 13.6 Å². The van der Waals surface area contributed by atoms with Gasteiger partial charge in [-0.2, -0.15) is 0 Å². The molecule has 1 amide bonds. The number of rotatable bonds is 7. The molecule has 1 heterocycles. The SMILES string of the molecule is CN(Cc1ccccc1)C(=O)c1csc(-c2ccc(OCc3cc(F)cc(F)c3)cc2)n1. The maximum absolute atomic E-state index is 13.3. The standard InChI is InChI=1S/C25H20F2N2O2S/c1-29(14-17-5-3-2-4-6-17)25(30)23-16-32-24(28-23)19-7-9-22(10-8-19)31-15-18-11-20(26)13-21(27)12-18/h2-13,16H,14-15H2,1H3. The molecule has 0 unspecified atom stereocenters. The van der Waals surface area contributed by atoms with Gasteiger partial charge in [-0.1, -0.05) is 30.3 Å². The molecule has 0 N–H and O–H groups in total. The van der Waals surface area contributed by atoms with E-state index in [-0.39, 0.29) is 12.5 Å². The molecule has 0 aliphatic rings. The van der Waals surface area contributed by atoms with Crippen LogP contribution in [-0.2, 0) is 13.2 Å². The first-order valence-electron chi connectivity index (χ1n) is 9.91. The molecule has 0 saturated carbocycles. The van der Waals surface area contributed by atoms with E-state index < -0.39 is 11.6 Å². The van der Waals surface area contributed by atoms with Crippen LogP contribution in [0.2, 0.25) is 0 Å². The summed E-state index contributed by atoms with van der Waals surface area (Å²) in [7, 11) is 1.75. The Morgan fingerprint density at radius 2 is 1.66 bits per heavy atom. The zero-order valence-corrected chi connectivity index (χ0v) is 18.1. The van der Waals surface area contributed by atoms with E-state index >= 15 is 0 Å². The van der Waals surface area contributed by atoms with Crippen molar-refractivity contribution in [1.29, 1.82) is 0 Å². The summed E-state index contributed by atoms with van der Waals surface area (Å²) in [5.41, 5.74) is 2.71. The van der Waals surface area contributed by atoms with Gasteiger partial charge in [0.15, 0.2) is 0 Å². The van der Waals surface area contributed by atoms with Gasteiger partial charge < -0.3 is 9.64 Å². The fourth-order valence-corrected chi connectivity index (χ4v) is 3.98. The number of amides is 1. The maximum Gasteiger partial charge on any atom is 0.273 e. The summed E-state index contributed by atoms with van der Waals surface area (Å²) in [6.07, 6.45) is 0. The third-order valence-corrected chi connectivity index (χ3v) is 5.65. The van der Waals surface area contributed by atoms with Crippen molar-refractivity contribution in [3.05, 3.63) is 107 Å². The Morgan fingerprint density at radius 3 is 2.34 bits per heavy atom. The van der Waals surface area contributed by atoms with Crippen LogP contribution in [0, 0.1) is 11.6 Å². The first kappa shape index (κ1) is 21.6. The molecule has 3 aromatic carbocycles. The lowest BCUT2D eigenvalue weighted by Gasteiger charge is -2.15. The number of hydrogen-bond acceptors (Lipinski definition) is 4. The summed E-state index contributed by atoms with van der Waals surface area (Å²) in [6, 6.07) is 20.3. The van der Waals surface area contributed by atoms with Crippen molar-refractivity contribution >= 4 is 17.2 Å². The molecule has 4 aromatic rings.